The Morgan fingerprint density at radius 2 is 2.25 bits per heavy atom. The summed E-state index contributed by atoms with van der Waals surface area (Å²) < 4.78 is 36.8. The van der Waals surface area contributed by atoms with Crippen molar-refractivity contribution in [1.29, 1.82) is 0 Å². The zero-order valence-electron chi connectivity index (χ0n) is 8.25. The Hall–Kier alpha value is -0.180. The summed E-state index contributed by atoms with van der Waals surface area (Å²) in [5.41, 5.74) is 0. The molecule has 1 aromatic heterocycles. The molecule has 92 valence electrons. The number of alkyl halides is 3. The van der Waals surface area contributed by atoms with Crippen LogP contribution >= 0.6 is 27.3 Å². The molecule has 16 heavy (non-hydrogen) atoms. The first-order chi connectivity index (χ1) is 7.30. The van der Waals surface area contributed by atoms with Gasteiger partial charge in [0.15, 0.2) is 6.10 Å². The van der Waals surface area contributed by atoms with Crippen molar-refractivity contribution in [2.75, 3.05) is 6.54 Å². The lowest BCUT2D eigenvalue weighted by Crippen LogP contribution is -2.39. The van der Waals surface area contributed by atoms with Gasteiger partial charge in [0, 0.05) is 6.54 Å². The summed E-state index contributed by atoms with van der Waals surface area (Å²) in [7, 11) is 0. The van der Waals surface area contributed by atoms with E-state index in [4.69, 9.17) is 5.11 Å². The second-order valence-corrected chi connectivity index (χ2v) is 5.63. The maximum Gasteiger partial charge on any atom is 0.415 e. The van der Waals surface area contributed by atoms with Gasteiger partial charge in [-0.1, -0.05) is 0 Å². The van der Waals surface area contributed by atoms with Gasteiger partial charge in [0.25, 0.3) is 0 Å². The molecule has 0 saturated heterocycles. The lowest BCUT2D eigenvalue weighted by atomic mass is 10.3. The van der Waals surface area contributed by atoms with Crippen LogP contribution in [0.3, 0.4) is 0 Å². The molecule has 3 nitrogen and oxygen atoms in total. The van der Waals surface area contributed by atoms with Crippen LogP contribution in [0.25, 0.3) is 0 Å². The zero-order chi connectivity index (χ0) is 12.3. The number of aromatic nitrogens is 1. The first-order valence-corrected chi connectivity index (χ1v) is 6.01. The third-order valence-corrected chi connectivity index (χ3v) is 3.52. The van der Waals surface area contributed by atoms with E-state index in [0.717, 1.165) is 3.79 Å². The van der Waals surface area contributed by atoms with E-state index in [9.17, 15) is 13.2 Å². The number of aliphatic hydroxyl groups is 1. The number of nitrogens with zero attached hydrogens (tertiary/aromatic N) is 1. The Morgan fingerprint density at radius 3 is 2.69 bits per heavy atom. The summed E-state index contributed by atoms with van der Waals surface area (Å²) >= 11 is 4.55. The van der Waals surface area contributed by atoms with Crippen molar-refractivity contribution >= 4 is 27.3 Å². The van der Waals surface area contributed by atoms with Crippen LogP contribution in [-0.2, 0) is 0 Å². The monoisotopic (exact) mass is 318 g/mol. The SMILES string of the molecule is CC(NCC(O)C(F)(F)F)c1ncc(Br)s1. The molecule has 8 heteroatoms. The van der Waals surface area contributed by atoms with Crippen LogP contribution in [0, 0.1) is 0 Å². The molecule has 0 aromatic carbocycles. The van der Waals surface area contributed by atoms with E-state index in [2.05, 4.69) is 26.2 Å². The molecule has 0 amide bonds. The molecular formula is C8H10BrF3N2OS. The number of hydrogen-bond acceptors (Lipinski definition) is 4. The van der Waals surface area contributed by atoms with Crippen molar-refractivity contribution in [3.63, 3.8) is 0 Å². The molecule has 0 spiro atoms. The zero-order valence-corrected chi connectivity index (χ0v) is 10.7. The van der Waals surface area contributed by atoms with Gasteiger partial charge in [0.2, 0.25) is 0 Å². The molecule has 1 heterocycles. The van der Waals surface area contributed by atoms with E-state index in [1.54, 1.807) is 13.1 Å². The van der Waals surface area contributed by atoms with Crippen molar-refractivity contribution < 1.29 is 18.3 Å². The fraction of sp³-hybridized carbons (Fsp3) is 0.625. The fourth-order valence-electron chi connectivity index (χ4n) is 0.959. The molecule has 0 aliphatic heterocycles. The molecule has 0 aliphatic rings. The van der Waals surface area contributed by atoms with Crippen molar-refractivity contribution in [2.45, 2.75) is 25.2 Å². The first kappa shape index (κ1) is 13.9. The Kier molecular flexibility index (Phi) is 4.72. The third kappa shape index (κ3) is 4.00. The van der Waals surface area contributed by atoms with Crippen molar-refractivity contribution in [1.82, 2.24) is 10.3 Å². The summed E-state index contributed by atoms with van der Waals surface area (Å²) in [6.45, 7) is 1.15. The number of thiazole rings is 1. The lowest BCUT2D eigenvalue weighted by Gasteiger charge is -2.17. The molecular weight excluding hydrogens is 309 g/mol. The van der Waals surface area contributed by atoms with Gasteiger partial charge in [0.1, 0.15) is 5.01 Å². The Bertz CT molecular complexity index is 344. The molecule has 0 aliphatic carbocycles. The smallest absolute Gasteiger partial charge is 0.382 e. The maximum atomic E-state index is 12.0. The summed E-state index contributed by atoms with van der Waals surface area (Å²) in [4.78, 5) is 4.00. The van der Waals surface area contributed by atoms with E-state index in [1.165, 1.54) is 11.3 Å². The summed E-state index contributed by atoms with van der Waals surface area (Å²) in [6.07, 6.45) is -5.35. The normalized spacial score (nSPS) is 16.1. The van der Waals surface area contributed by atoms with Crippen LogP contribution in [0.15, 0.2) is 9.98 Å². The van der Waals surface area contributed by atoms with Crippen molar-refractivity contribution in [3.8, 4) is 0 Å². The molecule has 2 N–H and O–H groups in total. The van der Waals surface area contributed by atoms with E-state index in [0.29, 0.717) is 5.01 Å². The highest BCUT2D eigenvalue weighted by Gasteiger charge is 2.38. The van der Waals surface area contributed by atoms with E-state index < -0.39 is 18.8 Å². The fourth-order valence-corrected chi connectivity index (χ4v) is 2.23. The molecule has 0 saturated carbocycles. The Morgan fingerprint density at radius 1 is 1.62 bits per heavy atom. The molecule has 2 atom stereocenters. The number of aliphatic hydroxyl groups excluding tert-OH is 1. The van der Waals surface area contributed by atoms with E-state index in [-0.39, 0.29) is 6.04 Å². The topological polar surface area (TPSA) is 45.1 Å². The highest BCUT2D eigenvalue weighted by Crippen LogP contribution is 2.25. The van der Waals surface area contributed by atoms with Gasteiger partial charge in [-0.25, -0.2) is 4.98 Å². The first-order valence-electron chi connectivity index (χ1n) is 4.40. The lowest BCUT2D eigenvalue weighted by molar-refractivity contribution is -0.202. The molecule has 1 aromatic rings. The summed E-state index contributed by atoms with van der Waals surface area (Å²) in [6, 6.07) is -0.326. The molecule has 1 rings (SSSR count). The van der Waals surface area contributed by atoms with Gasteiger partial charge in [-0.15, -0.1) is 11.3 Å². The number of hydrogen-bond donors (Lipinski definition) is 2. The number of halogens is 4. The van der Waals surface area contributed by atoms with Gasteiger partial charge in [-0.2, -0.15) is 13.2 Å². The minimum atomic E-state index is -4.59. The second kappa shape index (κ2) is 5.44. The van der Waals surface area contributed by atoms with Gasteiger partial charge in [0.05, 0.1) is 16.0 Å². The minimum Gasteiger partial charge on any atom is -0.382 e. The quantitative estimate of drug-likeness (QED) is 0.896. The van der Waals surface area contributed by atoms with Crippen molar-refractivity contribution in [3.05, 3.63) is 15.0 Å². The van der Waals surface area contributed by atoms with E-state index in [1.807, 2.05) is 0 Å². The Balaban J connectivity index is 2.44. The van der Waals surface area contributed by atoms with Crippen LogP contribution in [0.1, 0.15) is 18.0 Å². The van der Waals surface area contributed by atoms with Crippen LogP contribution in [0.2, 0.25) is 0 Å². The average Bonchev–Trinajstić information content (AvgIpc) is 2.59. The molecule has 2 unspecified atom stereocenters. The summed E-state index contributed by atoms with van der Waals surface area (Å²) in [5, 5.41) is 12.0. The molecule has 0 radical (unpaired) electrons. The van der Waals surface area contributed by atoms with Gasteiger partial charge < -0.3 is 10.4 Å². The predicted molar refractivity (Wildman–Crippen MR) is 58.3 cm³/mol. The van der Waals surface area contributed by atoms with Gasteiger partial charge >= 0.3 is 6.18 Å². The number of rotatable bonds is 4. The van der Waals surface area contributed by atoms with Gasteiger partial charge in [-0.3, -0.25) is 0 Å². The Labute approximate surface area is 103 Å². The standard InChI is InChI=1S/C8H10BrF3N2OS/c1-4(7-14-3-6(9)16-7)13-2-5(15)8(10,11)12/h3-5,13,15H,2H2,1H3. The largest absolute Gasteiger partial charge is 0.415 e. The van der Waals surface area contributed by atoms with Crippen molar-refractivity contribution in [2.24, 2.45) is 0 Å². The molecule has 0 fully saturated rings. The van der Waals surface area contributed by atoms with Crippen LogP contribution in [0.5, 0.6) is 0 Å². The third-order valence-electron chi connectivity index (χ3n) is 1.86. The van der Waals surface area contributed by atoms with E-state index >= 15 is 0 Å². The highest BCUT2D eigenvalue weighted by molar-refractivity contribution is 9.11. The second-order valence-electron chi connectivity index (χ2n) is 3.19. The highest BCUT2D eigenvalue weighted by atomic mass is 79.9. The summed E-state index contributed by atoms with van der Waals surface area (Å²) in [5.74, 6) is 0. The van der Waals surface area contributed by atoms with Crippen LogP contribution in [0.4, 0.5) is 13.2 Å². The number of nitrogens with one attached hydrogen (secondary N) is 1. The van der Waals surface area contributed by atoms with Crippen LogP contribution < -0.4 is 5.32 Å². The van der Waals surface area contributed by atoms with Crippen LogP contribution in [-0.4, -0.2) is 28.9 Å². The molecule has 0 bridgehead atoms. The van der Waals surface area contributed by atoms with Gasteiger partial charge in [-0.05, 0) is 22.9 Å². The maximum absolute atomic E-state index is 12.0. The predicted octanol–water partition coefficient (Wildman–Crippen LogP) is 2.48. The minimum absolute atomic E-state index is 0.326. The average molecular weight is 319 g/mol.